The first-order chi connectivity index (χ1) is 10.7. The van der Waals surface area contributed by atoms with Crippen LogP contribution in [0, 0.1) is 6.92 Å². The highest BCUT2D eigenvalue weighted by Gasteiger charge is 2.46. The van der Waals surface area contributed by atoms with Crippen LogP contribution in [-0.4, -0.2) is 53.8 Å². The van der Waals surface area contributed by atoms with Gasteiger partial charge in [-0.1, -0.05) is 12.1 Å². The molecule has 1 amide bonds. The molecular formula is C17H22N2O3. The summed E-state index contributed by atoms with van der Waals surface area (Å²) in [5.74, 6) is -0.0334. The van der Waals surface area contributed by atoms with Crippen molar-refractivity contribution in [1.29, 1.82) is 0 Å². The van der Waals surface area contributed by atoms with E-state index in [2.05, 4.69) is 11.6 Å². The maximum atomic E-state index is 12.8. The topological polar surface area (TPSA) is 51.7 Å². The number of hydrogen-bond donors (Lipinski definition) is 0. The molecule has 2 aliphatic heterocycles. The highest BCUT2D eigenvalue weighted by Crippen LogP contribution is 2.31. The number of hydrogen-bond acceptors (Lipinski definition) is 4. The van der Waals surface area contributed by atoms with E-state index < -0.39 is 0 Å². The number of amides is 1. The van der Waals surface area contributed by atoms with Crippen LogP contribution in [0.5, 0.6) is 0 Å². The Morgan fingerprint density at radius 1 is 1.59 bits per heavy atom. The smallest absolute Gasteiger partial charge is 0.272 e. The van der Waals surface area contributed by atoms with Gasteiger partial charge in [-0.2, -0.15) is 0 Å². The fourth-order valence-electron chi connectivity index (χ4n) is 3.29. The van der Waals surface area contributed by atoms with E-state index in [1.54, 1.807) is 12.1 Å². The van der Waals surface area contributed by atoms with Crippen molar-refractivity contribution in [3.05, 3.63) is 42.2 Å². The molecule has 1 aromatic heterocycles. The van der Waals surface area contributed by atoms with Gasteiger partial charge in [0.2, 0.25) is 0 Å². The average molecular weight is 302 g/mol. The lowest BCUT2D eigenvalue weighted by Crippen LogP contribution is -2.44. The average Bonchev–Trinajstić information content (AvgIpc) is 2.91. The van der Waals surface area contributed by atoms with E-state index in [-0.39, 0.29) is 24.2 Å². The third kappa shape index (κ3) is 2.91. The molecule has 2 fully saturated rings. The SMILES string of the molecule is C=CCO[C@H]1CN(C(=O)c2cccc(C)n2)[C@@H]2CCCO[C@H]12. The highest BCUT2D eigenvalue weighted by molar-refractivity contribution is 5.92. The number of aromatic nitrogens is 1. The lowest BCUT2D eigenvalue weighted by molar-refractivity contribution is -0.0708. The lowest BCUT2D eigenvalue weighted by Gasteiger charge is -2.32. The summed E-state index contributed by atoms with van der Waals surface area (Å²) in [6, 6.07) is 5.61. The van der Waals surface area contributed by atoms with Gasteiger partial charge in [-0.3, -0.25) is 4.79 Å². The molecule has 22 heavy (non-hydrogen) atoms. The molecule has 3 atom stereocenters. The number of likely N-dealkylation sites (tertiary alicyclic amines) is 1. The molecule has 0 radical (unpaired) electrons. The molecule has 2 saturated heterocycles. The van der Waals surface area contributed by atoms with Crippen molar-refractivity contribution < 1.29 is 14.3 Å². The van der Waals surface area contributed by atoms with Gasteiger partial charge in [-0.15, -0.1) is 6.58 Å². The molecule has 0 bridgehead atoms. The molecule has 0 aromatic carbocycles. The second-order valence-corrected chi connectivity index (χ2v) is 5.83. The number of rotatable bonds is 4. The predicted molar refractivity (Wildman–Crippen MR) is 82.7 cm³/mol. The van der Waals surface area contributed by atoms with E-state index in [9.17, 15) is 4.79 Å². The maximum Gasteiger partial charge on any atom is 0.272 e. The number of carbonyl (C=O) groups is 1. The molecule has 0 saturated carbocycles. The van der Waals surface area contributed by atoms with Crippen molar-refractivity contribution in [2.24, 2.45) is 0 Å². The Morgan fingerprint density at radius 3 is 3.23 bits per heavy atom. The molecule has 5 nitrogen and oxygen atoms in total. The van der Waals surface area contributed by atoms with E-state index in [1.165, 1.54) is 0 Å². The predicted octanol–water partition coefficient (Wildman–Crippen LogP) is 1.96. The largest absolute Gasteiger partial charge is 0.373 e. The molecule has 0 aliphatic carbocycles. The van der Waals surface area contributed by atoms with Crippen LogP contribution in [0.15, 0.2) is 30.9 Å². The Bertz CT molecular complexity index is 561. The summed E-state index contributed by atoms with van der Waals surface area (Å²) >= 11 is 0. The summed E-state index contributed by atoms with van der Waals surface area (Å²) in [7, 11) is 0. The van der Waals surface area contributed by atoms with E-state index >= 15 is 0 Å². The summed E-state index contributed by atoms with van der Waals surface area (Å²) in [5, 5.41) is 0. The molecule has 0 N–H and O–H groups in total. The first-order valence-corrected chi connectivity index (χ1v) is 7.79. The Balaban J connectivity index is 1.80. The van der Waals surface area contributed by atoms with Crippen molar-refractivity contribution in [3.8, 4) is 0 Å². The van der Waals surface area contributed by atoms with Gasteiger partial charge in [0.1, 0.15) is 17.9 Å². The Kier molecular flexibility index (Phi) is 4.55. The molecule has 3 heterocycles. The van der Waals surface area contributed by atoms with Crippen LogP contribution in [0.2, 0.25) is 0 Å². The summed E-state index contributed by atoms with van der Waals surface area (Å²) in [5.41, 5.74) is 1.34. The normalized spacial score (nSPS) is 27.5. The van der Waals surface area contributed by atoms with Crippen LogP contribution in [0.4, 0.5) is 0 Å². The van der Waals surface area contributed by atoms with Crippen LogP contribution in [0.1, 0.15) is 29.0 Å². The van der Waals surface area contributed by atoms with Gasteiger partial charge in [0.25, 0.3) is 5.91 Å². The molecule has 1 aromatic rings. The first kappa shape index (κ1) is 15.2. The summed E-state index contributed by atoms with van der Waals surface area (Å²) < 4.78 is 11.7. The van der Waals surface area contributed by atoms with Crippen molar-refractivity contribution in [2.75, 3.05) is 19.8 Å². The van der Waals surface area contributed by atoms with Crippen molar-refractivity contribution >= 4 is 5.91 Å². The molecule has 0 spiro atoms. The zero-order chi connectivity index (χ0) is 15.5. The third-order valence-electron chi connectivity index (χ3n) is 4.27. The minimum Gasteiger partial charge on any atom is -0.373 e. The van der Waals surface area contributed by atoms with Gasteiger partial charge in [-0.25, -0.2) is 4.98 Å². The van der Waals surface area contributed by atoms with E-state index in [4.69, 9.17) is 9.47 Å². The fraction of sp³-hybridized carbons (Fsp3) is 0.529. The lowest BCUT2D eigenvalue weighted by atomic mass is 10.0. The number of pyridine rings is 1. The van der Waals surface area contributed by atoms with Gasteiger partial charge in [0, 0.05) is 12.3 Å². The quantitative estimate of drug-likeness (QED) is 0.798. The highest BCUT2D eigenvalue weighted by atomic mass is 16.5. The first-order valence-electron chi connectivity index (χ1n) is 7.79. The molecule has 5 heteroatoms. The van der Waals surface area contributed by atoms with Gasteiger partial charge >= 0.3 is 0 Å². The maximum absolute atomic E-state index is 12.8. The van der Waals surface area contributed by atoms with Crippen LogP contribution >= 0.6 is 0 Å². The molecule has 2 aliphatic rings. The van der Waals surface area contributed by atoms with Crippen LogP contribution in [0.25, 0.3) is 0 Å². The Hall–Kier alpha value is -1.72. The van der Waals surface area contributed by atoms with Crippen molar-refractivity contribution in [2.45, 2.75) is 38.0 Å². The van der Waals surface area contributed by atoms with Crippen LogP contribution < -0.4 is 0 Å². The monoisotopic (exact) mass is 302 g/mol. The zero-order valence-electron chi connectivity index (χ0n) is 12.9. The molecule has 118 valence electrons. The fourth-order valence-corrected chi connectivity index (χ4v) is 3.29. The number of nitrogens with zero attached hydrogens (tertiary/aromatic N) is 2. The molecule has 0 unspecified atom stereocenters. The van der Waals surface area contributed by atoms with Gasteiger partial charge < -0.3 is 14.4 Å². The van der Waals surface area contributed by atoms with Crippen molar-refractivity contribution in [3.63, 3.8) is 0 Å². The second-order valence-electron chi connectivity index (χ2n) is 5.83. The summed E-state index contributed by atoms with van der Waals surface area (Å²) in [6.45, 7) is 7.34. The number of aryl methyl sites for hydroxylation is 1. The van der Waals surface area contributed by atoms with Gasteiger partial charge in [0.05, 0.1) is 19.2 Å². The third-order valence-corrected chi connectivity index (χ3v) is 4.27. The minimum absolute atomic E-state index is 0.0334. The van der Waals surface area contributed by atoms with E-state index in [0.29, 0.717) is 18.8 Å². The van der Waals surface area contributed by atoms with Crippen molar-refractivity contribution in [1.82, 2.24) is 9.88 Å². The summed E-state index contributed by atoms with van der Waals surface area (Å²) in [4.78, 5) is 19.0. The summed E-state index contributed by atoms with van der Waals surface area (Å²) in [6.07, 6.45) is 3.53. The van der Waals surface area contributed by atoms with Crippen LogP contribution in [-0.2, 0) is 9.47 Å². The molecular weight excluding hydrogens is 280 g/mol. The van der Waals surface area contributed by atoms with Gasteiger partial charge in [0.15, 0.2) is 0 Å². The number of ether oxygens (including phenoxy) is 2. The standard InChI is InChI=1S/C17H22N2O3/c1-3-9-21-15-11-19(14-8-5-10-22-16(14)15)17(20)13-7-4-6-12(2)18-13/h3-4,6-7,14-16H,1,5,8-11H2,2H3/t14-,15+,16+/m1/s1. The zero-order valence-corrected chi connectivity index (χ0v) is 12.9. The van der Waals surface area contributed by atoms with E-state index in [1.807, 2.05) is 24.0 Å². The number of fused-ring (bicyclic) bond motifs is 1. The van der Waals surface area contributed by atoms with E-state index in [0.717, 1.165) is 25.1 Å². The second kappa shape index (κ2) is 6.58. The Morgan fingerprint density at radius 2 is 2.45 bits per heavy atom. The van der Waals surface area contributed by atoms with Crippen LogP contribution in [0.3, 0.4) is 0 Å². The van der Waals surface area contributed by atoms with Gasteiger partial charge in [-0.05, 0) is 31.9 Å². The number of carbonyl (C=O) groups excluding carboxylic acids is 1. The minimum atomic E-state index is -0.0861. The molecule has 3 rings (SSSR count). The Labute approximate surface area is 130 Å².